The van der Waals surface area contributed by atoms with Crippen LogP contribution in [0.3, 0.4) is 0 Å². The summed E-state index contributed by atoms with van der Waals surface area (Å²) in [5, 5.41) is 11.3. The van der Waals surface area contributed by atoms with E-state index >= 15 is 0 Å². The molecule has 2 aliphatic carbocycles. The number of benzene rings is 1. The number of Topliss-reactive ketones (excluding diaryl/α,β-unsaturated/α-hetero) is 1. The number of fused-ring (bicyclic) bond motifs is 2. The molecule has 5 amide bonds. The highest BCUT2D eigenvalue weighted by atomic mass is 32.2. The standard InChI is InChI=1S/C39H58N6O7S/c1-8-15-27(33(46)35(48)40-20-9-2)41-34(47)32-30-26(39(30,6)7)22-45(32)36(49)31(24-16-11-10-12-17-24)43-37(50)42-29(38(3,4)5)23-44-21-25-18-13-14-19-28(25)53(44,51)52/h9,13-14,18-19,24,26-27,29-32H,2,8,10-12,15-17,20-23H2,1,3-7H3,(H,40,48)(H,41,47)(H2,42,43,50)/t26-,27?,29?,30-,31?,32?/m1/s1. The molecular weight excluding hydrogens is 697 g/mol. The van der Waals surface area contributed by atoms with Crippen molar-refractivity contribution in [2.24, 2.45) is 28.6 Å². The molecule has 5 rings (SSSR count). The quantitative estimate of drug-likeness (QED) is 0.166. The van der Waals surface area contributed by atoms with Gasteiger partial charge in [-0.15, -0.1) is 6.58 Å². The highest BCUT2D eigenvalue weighted by Gasteiger charge is 2.69. The first-order chi connectivity index (χ1) is 24.9. The van der Waals surface area contributed by atoms with Crippen LogP contribution in [0.2, 0.25) is 0 Å². The zero-order chi connectivity index (χ0) is 38.9. The predicted octanol–water partition coefficient (Wildman–Crippen LogP) is 3.49. The molecule has 4 unspecified atom stereocenters. The van der Waals surface area contributed by atoms with Crippen molar-refractivity contribution in [3.8, 4) is 0 Å². The summed E-state index contributed by atoms with van der Waals surface area (Å²) >= 11 is 0. The third-order valence-corrected chi connectivity index (χ3v) is 13.9. The number of hydrogen-bond acceptors (Lipinski definition) is 7. The zero-order valence-electron chi connectivity index (χ0n) is 32.1. The van der Waals surface area contributed by atoms with Gasteiger partial charge in [0.1, 0.15) is 12.1 Å². The van der Waals surface area contributed by atoms with Crippen molar-refractivity contribution in [3.63, 3.8) is 0 Å². The SMILES string of the molecule is C=CCNC(=O)C(=O)C(CCC)NC(=O)C1[C@H]2[C@@H](CN1C(=O)C(NC(=O)NC(CN1Cc3ccccc3S1(=O)=O)C(C)(C)C)C1CCCCC1)C2(C)C. The molecule has 4 aliphatic rings. The molecule has 14 heteroatoms. The number of nitrogens with zero attached hydrogens (tertiary/aromatic N) is 2. The largest absolute Gasteiger partial charge is 0.346 e. The second-order valence-corrected chi connectivity index (χ2v) is 18.8. The number of nitrogens with one attached hydrogen (secondary N) is 4. The van der Waals surface area contributed by atoms with Crippen molar-refractivity contribution in [1.29, 1.82) is 0 Å². The van der Waals surface area contributed by atoms with Crippen LogP contribution in [-0.2, 0) is 35.7 Å². The highest BCUT2D eigenvalue weighted by molar-refractivity contribution is 7.89. The minimum absolute atomic E-state index is 0.0477. The molecule has 2 aliphatic heterocycles. The Kier molecular flexibility index (Phi) is 12.1. The van der Waals surface area contributed by atoms with E-state index in [1.165, 1.54) is 10.4 Å². The van der Waals surface area contributed by atoms with E-state index in [4.69, 9.17) is 0 Å². The smallest absolute Gasteiger partial charge is 0.315 e. The average molecular weight is 755 g/mol. The van der Waals surface area contributed by atoms with Gasteiger partial charge in [-0.3, -0.25) is 19.2 Å². The molecule has 0 radical (unpaired) electrons. The van der Waals surface area contributed by atoms with Crippen LogP contribution in [0.25, 0.3) is 0 Å². The summed E-state index contributed by atoms with van der Waals surface area (Å²) in [5.41, 5.74) is -0.0313. The number of sulfonamides is 1. The molecule has 0 aromatic heterocycles. The number of hydrogen-bond donors (Lipinski definition) is 4. The minimum Gasteiger partial charge on any atom is -0.346 e. The van der Waals surface area contributed by atoms with E-state index in [0.717, 1.165) is 32.1 Å². The van der Waals surface area contributed by atoms with Gasteiger partial charge in [0.15, 0.2) is 0 Å². The Balaban J connectivity index is 1.35. The van der Waals surface area contributed by atoms with Gasteiger partial charge < -0.3 is 26.2 Å². The Morgan fingerprint density at radius 3 is 2.32 bits per heavy atom. The molecule has 13 nitrogen and oxygen atoms in total. The van der Waals surface area contributed by atoms with Crippen LogP contribution >= 0.6 is 0 Å². The molecular formula is C39H58N6O7S. The molecule has 1 aromatic carbocycles. The van der Waals surface area contributed by atoms with Gasteiger partial charge in [0.25, 0.3) is 5.91 Å². The second kappa shape index (κ2) is 15.9. The number of carbonyl (C=O) groups is 5. The van der Waals surface area contributed by atoms with Gasteiger partial charge in [0.05, 0.1) is 10.9 Å². The van der Waals surface area contributed by atoms with Crippen molar-refractivity contribution in [3.05, 3.63) is 42.5 Å². The first kappa shape index (κ1) is 40.4. The fraction of sp³-hybridized carbons (Fsp3) is 0.667. The molecule has 3 fully saturated rings. The molecule has 1 aromatic rings. The van der Waals surface area contributed by atoms with E-state index in [-0.39, 0.29) is 60.0 Å². The Labute approximate surface area is 314 Å². The van der Waals surface area contributed by atoms with Gasteiger partial charge in [-0.1, -0.05) is 91.5 Å². The summed E-state index contributed by atoms with van der Waals surface area (Å²) in [4.78, 5) is 70.2. The number of piperidine rings is 1. The molecule has 0 bridgehead atoms. The highest BCUT2D eigenvalue weighted by Crippen LogP contribution is 2.65. The van der Waals surface area contributed by atoms with Gasteiger partial charge in [-0.25, -0.2) is 13.2 Å². The van der Waals surface area contributed by atoms with Crippen LogP contribution in [0, 0.1) is 28.6 Å². The van der Waals surface area contributed by atoms with Crippen LogP contribution in [0.4, 0.5) is 4.79 Å². The minimum atomic E-state index is -3.74. The number of likely N-dealkylation sites (tertiary alicyclic amines) is 1. The Morgan fingerprint density at radius 2 is 1.70 bits per heavy atom. The van der Waals surface area contributed by atoms with Crippen molar-refractivity contribution in [2.75, 3.05) is 19.6 Å². The molecule has 2 saturated carbocycles. The number of amides is 5. The molecule has 4 N–H and O–H groups in total. The zero-order valence-corrected chi connectivity index (χ0v) is 32.9. The van der Waals surface area contributed by atoms with Gasteiger partial charge in [0.2, 0.25) is 27.6 Å². The lowest BCUT2D eigenvalue weighted by molar-refractivity contribution is -0.144. The fourth-order valence-electron chi connectivity index (χ4n) is 8.61. The number of ketones is 1. The van der Waals surface area contributed by atoms with Crippen molar-refractivity contribution in [2.45, 2.75) is 122 Å². The molecule has 53 heavy (non-hydrogen) atoms. The lowest BCUT2D eigenvalue weighted by Gasteiger charge is -2.38. The Hall–Kier alpha value is -3.78. The number of urea groups is 1. The van der Waals surface area contributed by atoms with Gasteiger partial charge in [-0.05, 0) is 59.5 Å². The topological polar surface area (TPSA) is 174 Å². The van der Waals surface area contributed by atoms with Crippen LogP contribution in [-0.4, -0.2) is 91.0 Å². The van der Waals surface area contributed by atoms with E-state index in [2.05, 4.69) is 41.7 Å². The summed E-state index contributed by atoms with van der Waals surface area (Å²) in [7, 11) is -3.74. The van der Waals surface area contributed by atoms with E-state index in [0.29, 0.717) is 18.5 Å². The second-order valence-electron chi connectivity index (χ2n) is 16.9. The van der Waals surface area contributed by atoms with E-state index in [1.54, 1.807) is 29.2 Å². The summed E-state index contributed by atoms with van der Waals surface area (Å²) in [5.74, 6) is -2.61. The normalized spacial score (nSPS) is 24.9. The molecule has 2 heterocycles. The molecule has 6 atom stereocenters. The molecule has 0 spiro atoms. The maximum Gasteiger partial charge on any atom is 0.315 e. The maximum atomic E-state index is 14.7. The molecule has 1 saturated heterocycles. The monoisotopic (exact) mass is 754 g/mol. The van der Waals surface area contributed by atoms with Crippen LogP contribution in [0.15, 0.2) is 41.8 Å². The van der Waals surface area contributed by atoms with E-state index in [1.807, 2.05) is 27.7 Å². The van der Waals surface area contributed by atoms with Gasteiger partial charge in [0, 0.05) is 32.2 Å². The lowest BCUT2D eigenvalue weighted by atomic mass is 9.83. The van der Waals surface area contributed by atoms with Crippen LogP contribution in [0.1, 0.15) is 92.1 Å². The maximum absolute atomic E-state index is 14.7. The van der Waals surface area contributed by atoms with Crippen LogP contribution in [0.5, 0.6) is 0 Å². The predicted molar refractivity (Wildman–Crippen MR) is 201 cm³/mol. The summed E-state index contributed by atoms with van der Waals surface area (Å²) in [6.07, 6.45) is 6.59. The van der Waals surface area contributed by atoms with Gasteiger partial charge >= 0.3 is 6.03 Å². The van der Waals surface area contributed by atoms with Gasteiger partial charge in [-0.2, -0.15) is 4.31 Å². The Morgan fingerprint density at radius 1 is 1.02 bits per heavy atom. The lowest BCUT2D eigenvalue weighted by Crippen LogP contribution is -2.61. The summed E-state index contributed by atoms with van der Waals surface area (Å²) < 4.78 is 28.2. The number of carbonyl (C=O) groups excluding carboxylic acids is 5. The van der Waals surface area contributed by atoms with Crippen molar-refractivity contribution in [1.82, 2.24) is 30.5 Å². The van der Waals surface area contributed by atoms with Crippen LogP contribution < -0.4 is 21.3 Å². The Bertz CT molecular complexity index is 1700. The summed E-state index contributed by atoms with van der Waals surface area (Å²) in [6, 6.07) is 2.89. The first-order valence-corrected chi connectivity index (χ1v) is 20.6. The third kappa shape index (κ3) is 8.48. The van der Waals surface area contributed by atoms with Crippen molar-refractivity contribution >= 4 is 39.6 Å². The number of rotatable bonds is 14. The molecule has 292 valence electrons. The summed E-state index contributed by atoms with van der Waals surface area (Å²) in [6.45, 7) is 16.1. The first-order valence-electron chi connectivity index (χ1n) is 19.1. The third-order valence-electron chi connectivity index (χ3n) is 11.9. The van der Waals surface area contributed by atoms with E-state index in [9.17, 15) is 32.4 Å². The fourth-order valence-corrected chi connectivity index (χ4v) is 10.3. The van der Waals surface area contributed by atoms with E-state index < -0.39 is 63.2 Å². The van der Waals surface area contributed by atoms with Crippen molar-refractivity contribution < 1.29 is 32.4 Å². The average Bonchev–Trinajstić information content (AvgIpc) is 3.37.